The summed E-state index contributed by atoms with van der Waals surface area (Å²) < 4.78 is 1.43. The van der Waals surface area contributed by atoms with Gasteiger partial charge in [-0.2, -0.15) is 0 Å². The molecule has 0 radical (unpaired) electrons. The highest BCUT2D eigenvalue weighted by molar-refractivity contribution is 7.99. The Morgan fingerprint density at radius 1 is 1.26 bits per heavy atom. The van der Waals surface area contributed by atoms with E-state index >= 15 is 0 Å². The summed E-state index contributed by atoms with van der Waals surface area (Å²) in [6.07, 6.45) is 0.872. The van der Waals surface area contributed by atoms with Crippen molar-refractivity contribution in [3.05, 3.63) is 47.8 Å². The van der Waals surface area contributed by atoms with Gasteiger partial charge < -0.3 is 16.1 Å². The standard InChI is InChI=1S/C18H22N6OS2/c1-23(14-7-3-2-4-8-14)11-6-10-20-16(25)13-27-18-22-21-17(24(18)19)15-9-5-12-26-15/h2-5,7-9,12H,6,10-11,13,19H2,1H3,(H,20,25). The number of nitrogen functional groups attached to an aromatic ring is 1. The quantitative estimate of drug-likeness (QED) is 0.325. The zero-order valence-corrected chi connectivity index (χ0v) is 16.7. The van der Waals surface area contributed by atoms with Gasteiger partial charge in [-0.15, -0.1) is 21.5 Å². The summed E-state index contributed by atoms with van der Waals surface area (Å²) in [6.45, 7) is 1.51. The molecule has 0 atom stereocenters. The lowest BCUT2D eigenvalue weighted by Crippen LogP contribution is -2.29. The molecule has 2 aromatic heterocycles. The van der Waals surface area contributed by atoms with Crippen LogP contribution in [0, 0.1) is 0 Å². The molecule has 3 N–H and O–H groups in total. The molecule has 0 unspecified atom stereocenters. The molecule has 2 heterocycles. The number of aromatic nitrogens is 3. The number of hydrogen-bond donors (Lipinski definition) is 2. The average molecular weight is 403 g/mol. The summed E-state index contributed by atoms with van der Waals surface area (Å²) in [7, 11) is 2.05. The lowest BCUT2D eigenvalue weighted by Gasteiger charge is -2.19. The van der Waals surface area contributed by atoms with Gasteiger partial charge in [0.2, 0.25) is 11.1 Å². The summed E-state index contributed by atoms with van der Waals surface area (Å²) in [6, 6.07) is 14.1. The van der Waals surface area contributed by atoms with Crippen LogP contribution in [0.25, 0.3) is 10.7 Å². The fourth-order valence-electron chi connectivity index (χ4n) is 2.49. The first-order valence-electron chi connectivity index (χ1n) is 8.55. The fourth-order valence-corrected chi connectivity index (χ4v) is 3.88. The van der Waals surface area contributed by atoms with E-state index in [0.717, 1.165) is 17.8 Å². The third-order valence-electron chi connectivity index (χ3n) is 3.93. The molecule has 27 heavy (non-hydrogen) atoms. The van der Waals surface area contributed by atoms with E-state index in [4.69, 9.17) is 5.84 Å². The first-order chi connectivity index (χ1) is 13.1. The zero-order valence-electron chi connectivity index (χ0n) is 15.0. The number of benzene rings is 1. The number of anilines is 1. The fraction of sp³-hybridized carbons (Fsp3) is 0.278. The summed E-state index contributed by atoms with van der Waals surface area (Å²) >= 11 is 2.83. The molecule has 0 bridgehead atoms. The van der Waals surface area contributed by atoms with Gasteiger partial charge in [-0.1, -0.05) is 36.0 Å². The Labute approximate surface area is 166 Å². The topological polar surface area (TPSA) is 89.1 Å². The van der Waals surface area contributed by atoms with E-state index < -0.39 is 0 Å². The second-order valence-electron chi connectivity index (χ2n) is 5.90. The van der Waals surface area contributed by atoms with Gasteiger partial charge in [0.15, 0.2) is 5.82 Å². The molecule has 1 amide bonds. The number of carbonyl (C=O) groups excluding carboxylic acids is 1. The molecule has 9 heteroatoms. The van der Waals surface area contributed by atoms with Gasteiger partial charge in [0.25, 0.3) is 0 Å². The molecule has 0 fully saturated rings. The first-order valence-corrected chi connectivity index (χ1v) is 10.4. The van der Waals surface area contributed by atoms with Gasteiger partial charge in [0.1, 0.15) is 0 Å². The predicted octanol–water partition coefficient (Wildman–Crippen LogP) is 2.46. The first kappa shape index (κ1) is 19.2. The molecule has 1 aromatic carbocycles. The van der Waals surface area contributed by atoms with Crippen molar-refractivity contribution in [3.63, 3.8) is 0 Å². The molecule has 0 aliphatic rings. The maximum Gasteiger partial charge on any atom is 0.230 e. The van der Waals surface area contributed by atoms with Crippen LogP contribution in [-0.2, 0) is 4.79 Å². The average Bonchev–Trinajstić information content (AvgIpc) is 3.34. The van der Waals surface area contributed by atoms with Crippen LogP contribution < -0.4 is 16.1 Å². The maximum atomic E-state index is 12.0. The maximum absolute atomic E-state index is 12.0. The highest BCUT2D eigenvalue weighted by Crippen LogP contribution is 2.24. The summed E-state index contributed by atoms with van der Waals surface area (Å²) in [5.74, 6) is 6.86. The molecule has 7 nitrogen and oxygen atoms in total. The molecular weight excluding hydrogens is 380 g/mol. The van der Waals surface area contributed by atoms with Crippen LogP contribution in [0.5, 0.6) is 0 Å². The number of nitrogens with zero attached hydrogens (tertiary/aromatic N) is 4. The lowest BCUT2D eigenvalue weighted by atomic mass is 10.3. The minimum Gasteiger partial charge on any atom is -0.375 e. The Morgan fingerprint density at radius 3 is 2.81 bits per heavy atom. The Bertz CT molecular complexity index is 850. The van der Waals surface area contributed by atoms with Gasteiger partial charge >= 0.3 is 0 Å². The minimum atomic E-state index is -0.0389. The lowest BCUT2D eigenvalue weighted by molar-refractivity contribution is -0.118. The highest BCUT2D eigenvalue weighted by Gasteiger charge is 2.14. The number of amides is 1. The number of nitrogens with one attached hydrogen (secondary N) is 1. The van der Waals surface area contributed by atoms with Gasteiger partial charge in [-0.05, 0) is 30.0 Å². The molecule has 3 rings (SSSR count). The van der Waals surface area contributed by atoms with Gasteiger partial charge in [0.05, 0.1) is 10.6 Å². The molecule has 0 saturated heterocycles. The van der Waals surface area contributed by atoms with Gasteiger partial charge in [0, 0.05) is 25.8 Å². The third-order valence-corrected chi connectivity index (χ3v) is 5.74. The summed E-state index contributed by atoms with van der Waals surface area (Å²) in [4.78, 5) is 15.2. The molecular formula is C18H22N6OS2. The number of rotatable bonds is 9. The smallest absolute Gasteiger partial charge is 0.230 e. The largest absolute Gasteiger partial charge is 0.375 e. The van der Waals surface area contributed by atoms with Crippen molar-refractivity contribution in [1.29, 1.82) is 0 Å². The van der Waals surface area contributed by atoms with E-state index in [1.165, 1.54) is 22.1 Å². The van der Waals surface area contributed by atoms with E-state index in [1.807, 2.05) is 42.8 Å². The van der Waals surface area contributed by atoms with Crippen molar-refractivity contribution in [3.8, 4) is 10.7 Å². The molecule has 0 aliphatic heterocycles. The number of thioether (sulfide) groups is 1. The van der Waals surface area contributed by atoms with E-state index in [0.29, 0.717) is 17.5 Å². The van der Waals surface area contributed by atoms with Crippen LogP contribution in [0.2, 0.25) is 0 Å². The number of thiophene rings is 1. The van der Waals surface area contributed by atoms with Crippen molar-refractivity contribution in [2.24, 2.45) is 0 Å². The monoisotopic (exact) mass is 402 g/mol. The van der Waals surface area contributed by atoms with Gasteiger partial charge in [-0.25, -0.2) is 4.68 Å². The van der Waals surface area contributed by atoms with E-state index in [2.05, 4.69) is 32.5 Å². The molecule has 0 saturated carbocycles. The van der Waals surface area contributed by atoms with E-state index in [-0.39, 0.29) is 11.7 Å². The van der Waals surface area contributed by atoms with Crippen molar-refractivity contribution in [1.82, 2.24) is 20.2 Å². The van der Waals surface area contributed by atoms with Crippen molar-refractivity contribution >= 4 is 34.7 Å². The minimum absolute atomic E-state index is 0.0389. The van der Waals surface area contributed by atoms with E-state index in [1.54, 1.807) is 11.3 Å². The summed E-state index contributed by atoms with van der Waals surface area (Å²) in [5.41, 5.74) is 1.17. The highest BCUT2D eigenvalue weighted by atomic mass is 32.2. The number of para-hydroxylation sites is 1. The van der Waals surface area contributed by atoms with Crippen LogP contribution >= 0.6 is 23.1 Å². The van der Waals surface area contributed by atoms with Crippen LogP contribution in [0.1, 0.15) is 6.42 Å². The second kappa shape index (κ2) is 9.43. The van der Waals surface area contributed by atoms with Crippen LogP contribution in [0.15, 0.2) is 53.0 Å². The van der Waals surface area contributed by atoms with Crippen molar-refractivity contribution in [2.75, 3.05) is 36.6 Å². The SMILES string of the molecule is CN(CCCNC(=O)CSc1nnc(-c2cccs2)n1N)c1ccccc1. The molecule has 142 valence electrons. The van der Waals surface area contributed by atoms with E-state index in [9.17, 15) is 4.79 Å². The predicted molar refractivity (Wildman–Crippen MR) is 112 cm³/mol. The number of carbonyl (C=O) groups is 1. The molecule has 0 aliphatic carbocycles. The van der Waals surface area contributed by atoms with Gasteiger partial charge in [-0.3, -0.25) is 4.79 Å². The van der Waals surface area contributed by atoms with Crippen LogP contribution in [0.3, 0.4) is 0 Å². The third kappa shape index (κ3) is 5.24. The Morgan fingerprint density at radius 2 is 2.07 bits per heavy atom. The van der Waals surface area contributed by atoms with Crippen molar-refractivity contribution in [2.45, 2.75) is 11.6 Å². The Hall–Kier alpha value is -2.52. The second-order valence-corrected chi connectivity index (χ2v) is 7.79. The number of nitrogens with two attached hydrogens (primary N) is 1. The Balaban J connectivity index is 1.38. The van der Waals surface area contributed by atoms with Crippen molar-refractivity contribution < 1.29 is 4.79 Å². The van der Waals surface area contributed by atoms with Crippen LogP contribution in [0.4, 0.5) is 5.69 Å². The molecule has 0 spiro atoms. The molecule has 3 aromatic rings. The number of hydrogen-bond acceptors (Lipinski definition) is 7. The zero-order chi connectivity index (χ0) is 19.1. The Kier molecular flexibility index (Phi) is 6.72. The normalized spacial score (nSPS) is 10.7. The summed E-state index contributed by atoms with van der Waals surface area (Å²) in [5, 5.41) is 13.6. The van der Waals surface area contributed by atoms with Crippen LogP contribution in [-0.4, -0.2) is 46.7 Å².